The number of para-hydroxylation sites is 1. The van der Waals surface area contributed by atoms with E-state index in [9.17, 15) is 4.39 Å². The first-order valence-corrected chi connectivity index (χ1v) is 8.72. The molecule has 1 aliphatic heterocycles. The normalized spacial score (nSPS) is 14.6. The van der Waals surface area contributed by atoms with Crippen molar-refractivity contribution in [1.29, 1.82) is 0 Å². The number of nitrogens with one attached hydrogen (secondary N) is 1. The van der Waals surface area contributed by atoms with Crippen LogP contribution in [0.25, 0.3) is 0 Å². The van der Waals surface area contributed by atoms with Gasteiger partial charge in [-0.2, -0.15) is 0 Å². The molecule has 0 saturated carbocycles. The van der Waals surface area contributed by atoms with Crippen LogP contribution >= 0.6 is 12.2 Å². The Labute approximate surface area is 148 Å². The smallest absolute Gasteiger partial charge is 0.173 e. The highest BCUT2D eigenvalue weighted by Crippen LogP contribution is 2.19. The van der Waals surface area contributed by atoms with Gasteiger partial charge in [-0.25, -0.2) is 4.39 Å². The Hall–Kier alpha value is -2.14. The molecule has 0 bridgehead atoms. The van der Waals surface area contributed by atoms with Crippen LogP contribution in [0.1, 0.15) is 12.5 Å². The fourth-order valence-corrected chi connectivity index (χ4v) is 3.26. The van der Waals surface area contributed by atoms with Gasteiger partial charge >= 0.3 is 0 Å². The predicted octanol–water partition coefficient (Wildman–Crippen LogP) is 3.91. The SMILES string of the molecule is CCc1ccccc1NC(=S)N1CCN(c2ccc(F)cc2)CC1. The molecular weight excluding hydrogens is 321 g/mol. The highest BCUT2D eigenvalue weighted by Gasteiger charge is 2.19. The van der Waals surface area contributed by atoms with Crippen molar-refractivity contribution in [3.8, 4) is 0 Å². The van der Waals surface area contributed by atoms with E-state index >= 15 is 0 Å². The van der Waals surface area contributed by atoms with Gasteiger partial charge in [0.05, 0.1) is 0 Å². The van der Waals surface area contributed by atoms with Crippen LogP contribution in [-0.2, 0) is 6.42 Å². The van der Waals surface area contributed by atoms with Crippen molar-refractivity contribution in [2.24, 2.45) is 0 Å². The zero-order valence-electron chi connectivity index (χ0n) is 13.8. The highest BCUT2D eigenvalue weighted by molar-refractivity contribution is 7.80. The summed E-state index contributed by atoms with van der Waals surface area (Å²) in [6, 6.07) is 15.0. The van der Waals surface area contributed by atoms with Crippen LogP contribution in [0, 0.1) is 5.82 Å². The quantitative estimate of drug-likeness (QED) is 0.852. The molecule has 0 radical (unpaired) electrons. The molecule has 0 aliphatic carbocycles. The molecule has 3 rings (SSSR count). The molecule has 1 heterocycles. The fraction of sp³-hybridized carbons (Fsp3) is 0.316. The molecule has 0 amide bonds. The van der Waals surface area contributed by atoms with Gasteiger partial charge in [-0.1, -0.05) is 25.1 Å². The number of thiocarbonyl (C=S) groups is 1. The first kappa shape index (κ1) is 16.7. The largest absolute Gasteiger partial charge is 0.368 e. The van der Waals surface area contributed by atoms with Crippen LogP contribution in [0.2, 0.25) is 0 Å². The van der Waals surface area contributed by atoms with E-state index in [1.54, 1.807) is 0 Å². The van der Waals surface area contributed by atoms with Crippen molar-refractivity contribution in [3.05, 3.63) is 59.9 Å². The highest BCUT2D eigenvalue weighted by atomic mass is 32.1. The van der Waals surface area contributed by atoms with Crippen molar-refractivity contribution < 1.29 is 4.39 Å². The molecule has 24 heavy (non-hydrogen) atoms. The van der Waals surface area contributed by atoms with Gasteiger partial charge in [0.2, 0.25) is 0 Å². The van der Waals surface area contributed by atoms with Crippen molar-refractivity contribution in [1.82, 2.24) is 4.90 Å². The van der Waals surface area contributed by atoms with Crippen LogP contribution in [0.15, 0.2) is 48.5 Å². The zero-order valence-corrected chi connectivity index (χ0v) is 14.7. The summed E-state index contributed by atoms with van der Waals surface area (Å²) >= 11 is 5.58. The van der Waals surface area contributed by atoms with E-state index in [2.05, 4.69) is 40.2 Å². The van der Waals surface area contributed by atoms with Crippen LogP contribution in [-0.4, -0.2) is 36.2 Å². The lowest BCUT2D eigenvalue weighted by molar-refractivity contribution is 0.391. The summed E-state index contributed by atoms with van der Waals surface area (Å²) in [5.41, 5.74) is 3.42. The van der Waals surface area contributed by atoms with E-state index < -0.39 is 0 Å². The van der Waals surface area contributed by atoms with Gasteiger partial charge < -0.3 is 15.1 Å². The molecule has 0 atom stereocenters. The minimum atomic E-state index is -0.197. The van der Waals surface area contributed by atoms with Crippen molar-refractivity contribution >= 4 is 28.7 Å². The summed E-state index contributed by atoms with van der Waals surface area (Å²) in [6.07, 6.45) is 0.976. The van der Waals surface area contributed by atoms with Gasteiger partial charge in [-0.3, -0.25) is 0 Å². The van der Waals surface area contributed by atoms with Crippen molar-refractivity contribution in [2.75, 3.05) is 36.4 Å². The lowest BCUT2D eigenvalue weighted by atomic mass is 10.1. The number of hydrogen-bond donors (Lipinski definition) is 1. The molecule has 126 valence electrons. The maximum atomic E-state index is 13.0. The molecule has 0 aromatic heterocycles. The first-order chi connectivity index (χ1) is 11.7. The predicted molar refractivity (Wildman–Crippen MR) is 102 cm³/mol. The average Bonchev–Trinajstić information content (AvgIpc) is 2.63. The number of halogens is 1. The van der Waals surface area contributed by atoms with Crippen molar-refractivity contribution in [2.45, 2.75) is 13.3 Å². The van der Waals surface area contributed by atoms with Crippen molar-refractivity contribution in [3.63, 3.8) is 0 Å². The molecule has 3 nitrogen and oxygen atoms in total. The molecule has 2 aromatic carbocycles. The molecule has 0 unspecified atom stereocenters. The van der Waals surface area contributed by atoms with Gasteiger partial charge in [-0.05, 0) is 54.5 Å². The number of hydrogen-bond acceptors (Lipinski definition) is 2. The summed E-state index contributed by atoms with van der Waals surface area (Å²) in [7, 11) is 0. The third-order valence-corrected chi connectivity index (χ3v) is 4.76. The standard InChI is InChI=1S/C19H22FN3S/c1-2-15-5-3-4-6-18(15)21-19(24)23-13-11-22(12-14-23)17-9-7-16(20)8-10-17/h3-10H,2,11-14H2,1H3,(H,21,24). The number of piperazine rings is 1. The number of anilines is 2. The summed E-state index contributed by atoms with van der Waals surface area (Å²) in [5, 5.41) is 4.16. The molecule has 5 heteroatoms. The van der Waals surface area contributed by atoms with Gasteiger partial charge in [0.25, 0.3) is 0 Å². The minimum Gasteiger partial charge on any atom is -0.368 e. The Balaban J connectivity index is 1.58. The van der Waals surface area contributed by atoms with E-state index in [0.29, 0.717) is 0 Å². The van der Waals surface area contributed by atoms with Crippen LogP contribution in [0.5, 0.6) is 0 Å². The monoisotopic (exact) mass is 343 g/mol. The lowest BCUT2D eigenvalue weighted by Gasteiger charge is -2.37. The van der Waals surface area contributed by atoms with Gasteiger partial charge in [-0.15, -0.1) is 0 Å². The van der Waals surface area contributed by atoms with Crippen LogP contribution in [0.4, 0.5) is 15.8 Å². The molecule has 1 fully saturated rings. The Bertz CT molecular complexity index is 694. The maximum absolute atomic E-state index is 13.0. The molecule has 1 N–H and O–H groups in total. The Kier molecular flexibility index (Phi) is 5.30. The van der Waals surface area contributed by atoms with Gasteiger partial charge in [0.15, 0.2) is 5.11 Å². The van der Waals surface area contributed by atoms with E-state index in [1.807, 2.05) is 18.2 Å². The summed E-state index contributed by atoms with van der Waals surface area (Å²) in [4.78, 5) is 4.46. The van der Waals surface area contributed by atoms with Gasteiger partial charge in [0.1, 0.15) is 5.82 Å². The number of rotatable bonds is 3. The Morgan fingerprint density at radius 3 is 2.38 bits per heavy atom. The van der Waals surface area contributed by atoms with E-state index in [1.165, 1.54) is 17.7 Å². The van der Waals surface area contributed by atoms with Crippen LogP contribution < -0.4 is 10.2 Å². The minimum absolute atomic E-state index is 0.197. The Morgan fingerprint density at radius 2 is 1.71 bits per heavy atom. The first-order valence-electron chi connectivity index (χ1n) is 8.31. The lowest BCUT2D eigenvalue weighted by Crippen LogP contribution is -2.50. The third-order valence-electron chi connectivity index (χ3n) is 4.40. The van der Waals surface area contributed by atoms with Crippen LogP contribution in [0.3, 0.4) is 0 Å². The second-order valence-corrected chi connectivity index (χ2v) is 6.28. The second-order valence-electron chi connectivity index (χ2n) is 5.89. The summed E-state index contributed by atoms with van der Waals surface area (Å²) in [6.45, 7) is 5.62. The van der Waals surface area contributed by atoms with E-state index in [-0.39, 0.29) is 5.82 Å². The topological polar surface area (TPSA) is 18.5 Å². The Morgan fingerprint density at radius 1 is 1.04 bits per heavy atom. The molecule has 0 spiro atoms. The third kappa shape index (κ3) is 3.85. The molecule has 1 saturated heterocycles. The summed E-state index contributed by atoms with van der Waals surface area (Å²) in [5.74, 6) is -0.197. The van der Waals surface area contributed by atoms with Gasteiger partial charge in [0, 0.05) is 37.6 Å². The molecule has 1 aliphatic rings. The second kappa shape index (κ2) is 7.62. The fourth-order valence-electron chi connectivity index (χ4n) is 2.96. The number of aryl methyl sites for hydroxylation is 1. The molecular formula is C19H22FN3S. The van der Waals surface area contributed by atoms with E-state index in [4.69, 9.17) is 12.2 Å². The van der Waals surface area contributed by atoms with E-state index in [0.717, 1.165) is 49.1 Å². The molecule has 2 aromatic rings. The zero-order chi connectivity index (χ0) is 16.9. The maximum Gasteiger partial charge on any atom is 0.173 e. The number of benzene rings is 2. The average molecular weight is 343 g/mol. The number of nitrogens with zero attached hydrogens (tertiary/aromatic N) is 2. The summed E-state index contributed by atoms with van der Waals surface area (Å²) < 4.78 is 13.0.